The predicted molar refractivity (Wildman–Crippen MR) is 90.9 cm³/mol. The molecule has 0 atom stereocenters. The van der Waals surface area contributed by atoms with Crippen LogP contribution in [-0.2, 0) is 6.54 Å². The highest BCUT2D eigenvalue weighted by Gasteiger charge is 2.21. The number of fused-ring (bicyclic) bond motifs is 1. The standard InChI is InChI=1S/C19H15N3O2/c23-19(17-9-6-12-24-17)22(15-7-2-1-3-8-15)14-16-13-20-18-10-4-5-11-21(16)18/h1-13H,14H2. The minimum atomic E-state index is -0.183. The van der Waals surface area contributed by atoms with E-state index in [4.69, 9.17) is 4.42 Å². The molecule has 0 bridgehead atoms. The fourth-order valence-electron chi connectivity index (χ4n) is 2.69. The molecule has 0 aliphatic rings. The van der Waals surface area contributed by atoms with Crippen molar-refractivity contribution in [3.8, 4) is 0 Å². The number of hydrogen-bond donors (Lipinski definition) is 0. The summed E-state index contributed by atoms with van der Waals surface area (Å²) >= 11 is 0. The summed E-state index contributed by atoms with van der Waals surface area (Å²) in [6.45, 7) is 0.398. The molecule has 118 valence electrons. The Kier molecular flexibility index (Phi) is 3.59. The Morgan fingerprint density at radius 1 is 1.04 bits per heavy atom. The molecule has 0 unspecified atom stereocenters. The molecule has 0 radical (unpaired) electrons. The van der Waals surface area contributed by atoms with Crippen molar-refractivity contribution >= 4 is 17.2 Å². The van der Waals surface area contributed by atoms with Gasteiger partial charge in [-0.1, -0.05) is 24.3 Å². The second-order valence-corrected chi connectivity index (χ2v) is 5.38. The predicted octanol–water partition coefficient (Wildman–Crippen LogP) is 3.77. The fraction of sp³-hybridized carbons (Fsp3) is 0.0526. The SMILES string of the molecule is O=C(c1ccco1)N(Cc1cnc2ccccn12)c1ccccc1. The molecule has 0 spiro atoms. The molecule has 0 fully saturated rings. The molecule has 5 nitrogen and oxygen atoms in total. The van der Waals surface area contributed by atoms with Gasteiger partial charge in [0, 0.05) is 11.9 Å². The first-order valence-corrected chi connectivity index (χ1v) is 7.64. The van der Waals surface area contributed by atoms with Gasteiger partial charge in [-0.05, 0) is 36.4 Å². The van der Waals surface area contributed by atoms with E-state index in [1.807, 2.05) is 59.1 Å². The van der Waals surface area contributed by atoms with Crippen LogP contribution in [0.3, 0.4) is 0 Å². The van der Waals surface area contributed by atoms with Crippen LogP contribution in [0.25, 0.3) is 5.65 Å². The summed E-state index contributed by atoms with van der Waals surface area (Å²) in [5, 5.41) is 0. The van der Waals surface area contributed by atoms with Gasteiger partial charge in [-0.2, -0.15) is 0 Å². The van der Waals surface area contributed by atoms with E-state index in [0.717, 1.165) is 17.0 Å². The number of carbonyl (C=O) groups excluding carboxylic acids is 1. The third kappa shape index (κ3) is 2.56. The number of amides is 1. The molecule has 24 heavy (non-hydrogen) atoms. The zero-order valence-corrected chi connectivity index (χ0v) is 12.9. The van der Waals surface area contributed by atoms with Gasteiger partial charge < -0.3 is 8.82 Å². The van der Waals surface area contributed by atoms with Gasteiger partial charge >= 0.3 is 0 Å². The summed E-state index contributed by atoms with van der Waals surface area (Å²) in [7, 11) is 0. The largest absolute Gasteiger partial charge is 0.459 e. The van der Waals surface area contributed by atoms with Crippen LogP contribution in [-0.4, -0.2) is 15.3 Å². The normalized spacial score (nSPS) is 10.8. The molecule has 4 rings (SSSR count). The molecule has 1 aromatic carbocycles. The van der Waals surface area contributed by atoms with Crippen molar-refractivity contribution in [1.29, 1.82) is 0 Å². The lowest BCUT2D eigenvalue weighted by Gasteiger charge is -2.21. The van der Waals surface area contributed by atoms with Crippen molar-refractivity contribution in [2.24, 2.45) is 0 Å². The average molecular weight is 317 g/mol. The van der Waals surface area contributed by atoms with Gasteiger partial charge in [0.25, 0.3) is 5.91 Å². The second-order valence-electron chi connectivity index (χ2n) is 5.38. The smallest absolute Gasteiger partial charge is 0.294 e. The number of carbonyl (C=O) groups is 1. The van der Waals surface area contributed by atoms with Crippen molar-refractivity contribution in [3.05, 3.63) is 90.8 Å². The van der Waals surface area contributed by atoms with Crippen LogP contribution in [0.4, 0.5) is 5.69 Å². The number of nitrogens with zero attached hydrogens (tertiary/aromatic N) is 3. The molecule has 3 heterocycles. The number of benzene rings is 1. The minimum absolute atomic E-state index is 0.183. The van der Waals surface area contributed by atoms with Crippen molar-refractivity contribution in [2.75, 3.05) is 4.90 Å². The van der Waals surface area contributed by atoms with E-state index < -0.39 is 0 Å². The van der Waals surface area contributed by atoms with Gasteiger partial charge in [-0.25, -0.2) is 4.98 Å². The van der Waals surface area contributed by atoms with E-state index >= 15 is 0 Å². The van der Waals surface area contributed by atoms with E-state index in [-0.39, 0.29) is 5.91 Å². The summed E-state index contributed by atoms with van der Waals surface area (Å²) in [4.78, 5) is 19.0. The van der Waals surface area contributed by atoms with Crippen molar-refractivity contribution in [2.45, 2.75) is 6.54 Å². The van der Waals surface area contributed by atoms with Gasteiger partial charge in [-0.3, -0.25) is 9.69 Å². The molecular formula is C19H15N3O2. The molecule has 5 heteroatoms. The lowest BCUT2D eigenvalue weighted by Crippen LogP contribution is -2.30. The minimum Gasteiger partial charge on any atom is -0.459 e. The molecule has 0 aliphatic heterocycles. The van der Waals surface area contributed by atoms with Gasteiger partial charge in [0.05, 0.1) is 24.7 Å². The van der Waals surface area contributed by atoms with E-state index in [9.17, 15) is 4.79 Å². The second kappa shape index (κ2) is 6.04. The molecule has 1 amide bonds. The third-order valence-electron chi connectivity index (χ3n) is 3.86. The average Bonchev–Trinajstić information content (AvgIpc) is 3.30. The number of para-hydroxylation sites is 1. The summed E-state index contributed by atoms with van der Waals surface area (Å²) in [5.74, 6) is 0.129. The number of aromatic nitrogens is 2. The van der Waals surface area contributed by atoms with Crippen LogP contribution >= 0.6 is 0 Å². The number of anilines is 1. The molecule has 3 aromatic heterocycles. The zero-order chi connectivity index (χ0) is 16.4. The lowest BCUT2D eigenvalue weighted by molar-refractivity contribution is 0.0958. The highest BCUT2D eigenvalue weighted by molar-refractivity contribution is 6.04. The first kappa shape index (κ1) is 14.3. The molecule has 0 aliphatic carbocycles. The van der Waals surface area contributed by atoms with E-state index in [2.05, 4.69) is 4.98 Å². The van der Waals surface area contributed by atoms with Gasteiger partial charge in [-0.15, -0.1) is 0 Å². The van der Waals surface area contributed by atoms with Crippen LogP contribution in [0.5, 0.6) is 0 Å². The summed E-state index contributed by atoms with van der Waals surface area (Å²) in [6.07, 6.45) is 5.24. The monoisotopic (exact) mass is 317 g/mol. The van der Waals surface area contributed by atoms with Crippen molar-refractivity contribution < 1.29 is 9.21 Å². The Bertz CT molecular complexity index is 959. The quantitative estimate of drug-likeness (QED) is 0.575. The Hall–Kier alpha value is -3.34. The zero-order valence-electron chi connectivity index (χ0n) is 12.9. The maximum absolute atomic E-state index is 12.9. The maximum Gasteiger partial charge on any atom is 0.294 e. The van der Waals surface area contributed by atoms with Gasteiger partial charge in [0.1, 0.15) is 5.65 Å². The number of furan rings is 1. The molecule has 0 saturated heterocycles. The van der Waals surface area contributed by atoms with E-state index in [0.29, 0.717) is 12.3 Å². The maximum atomic E-state index is 12.9. The Morgan fingerprint density at radius 3 is 2.67 bits per heavy atom. The van der Waals surface area contributed by atoms with Crippen molar-refractivity contribution in [3.63, 3.8) is 0 Å². The molecule has 0 saturated carbocycles. The summed E-state index contributed by atoms with van der Waals surface area (Å²) < 4.78 is 7.27. The molecular weight excluding hydrogens is 302 g/mol. The highest BCUT2D eigenvalue weighted by atomic mass is 16.3. The number of rotatable bonds is 4. The number of hydrogen-bond acceptors (Lipinski definition) is 3. The Morgan fingerprint density at radius 2 is 1.88 bits per heavy atom. The first-order chi connectivity index (χ1) is 11.8. The summed E-state index contributed by atoms with van der Waals surface area (Å²) in [6, 6.07) is 18.8. The van der Waals surface area contributed by atoms with Crippen LogP contribution in [0.2, 0.25) is 0 Å². The first-order valence-electron chi connectivity index (χ1n) is 7.64. The van der Waals surface area contributed by atoms with Crippen LogP contribution in [0.15, 0.2) is 83.7 Å². The van der Waals surface area contributed by atoms with Crippen LogP contribution < -0.4 is 4.90 Å². The topological polar surface area (TPSA) is 50.8 Å². The van der Waals surface area contributed by atoms with E-state index in [1.54, 1.807) is 23.2 Å². The number of pyridine rings is 1. The van der Waals surface area contributed by atoms with Gasteiger partial charge in [0.2, 0.25) is 0 Å². The van der Waals surface area contributed by atoms with Crippen molar-refractivity contribution in [1.82, 2.24) is 9.38 Å². The Labute approximate surface area is 138 Å². The fourth-order valence-corrected chi connectivity index (χ4v) is 2.69. The van der Waals surface area contributed by atoms with Gasteiger partial charge in [0.15, 0.2) is 5.76 Å². The summed E-state index contributed by atoms with van der Waals surface area (Å²) in [5.41, 5.74) is 2.59. The molecule has 4 aromatic rings. The highest BCUT2D eigenvalue weighted by Crippen LogP contribution is 2.20. The van der Waals surface area contributed by atoms with Crippen LogP contribution in [0, 0.1) is 0 Å². The lowest BCUT2D eigenvalue weighted by atomic mass is 10.2. The third-order valence-corrected chi connectivity index (χ3v) is 3.86. The molecule has 0 N–H and O–H groups in total. The number of imidazole rings is 1. The van der Waals surface area contributed by atoms with Crippen LogP contribution in [0.1, 0.15) is 16.2 Å². The van der Waals surface area contributed by atoms with E-state index in [1.165, 1.54) is 6.26 Å². The Balaban J connectivity index is 1.74.